The molecule has 0 aliphatic carbocycles. The summed E-state index contributed by atoms with van der Waals surface area (Å²) in [7, 11) is 0. The lowest BCUT2D eigenvalue weighted by Crippen LogP contribution is -1.89. The Kier molecular flexibility index (Phi) is 4.14. The number of phenolic OH excluding ortho intramolecular Hbond substituents is 1. The van der Waals surface area contributed by atoms with Gasteiger partial charge in [0, 0.05) is 22.8 Å². The van der Waals surface area contributed by atoms with E-state index in [1.165, 1.54) is 12.1 Å². The number of aromatic hydroxyl groups is 1. The molecule has 0 saturated heterocycles. The molecule has 0 radical (unpaired) electrons. The maximum atomic E-state index is 10.8. The van der Waals surface area contributed by atoms with Gasteiger partial charge in [-0.1, -0.05) is 28.1 Å². The predicted octanol–water partition coefficient (Wildman–Crippen LogP) is 4.12. The first kappa shape index (κ1) is 14.2. The summed E-state index contributed by atoms with van der Waals surface area (Å²) in [5.74, 6) is -0.0519. The molecule has 0 spiro atoms. The monoisotopic (exact) mass is 334 g/mol. The Morgan fingerprint density at radius 3 is 2.55 bits per heavy atom. The molecule has 0 saturated carbocycles. The lowest BCUT2D eigenvalue weighted by Gasteiger charge is -2.03. The van der Waals surface area contributed by atoms with Gasteiger partial charge in [-0.3, -0.25) is 15.1 Å². The van der Waals surface area contributed by atoms with E-state index in [0.29, 0.717) is 5.56 Å². The van der Waals surface area contributed by atoms with Crippen molar-refractivity contribution in [2.75, 3.05) is 0 Å². The van der Waals surface area contributed by atoms with Crippen LogP contribution in [0.5, 0.6) is 5.75 Å². The van der Waals surface area contributed by atoms with Gasteiger partial charge < -0.3 is 5.11 Å². The maximum absolute atomic E-state index is 10.8. The lowest BCUT2D eigenvalue weighted by molar-refractivity contribution is -0.384. The molecular formula is C14H11BrN2O3. The van der Waals surface area contributed by atoms with Crippen molar-refractivity contribution in [1.82, 2.24) is 0 Å². The minimum absolute atomic E-state index is 0.0519. The summed E-state index contributed by atoms with van der Waals surface area (Å²) in [6, 6.07) is 9.97. The Labute approximate surface area is 123 Å². The molecule has 1 N–H and O–H groups in total. The molecule has 0 amide bonds. The van der Waals surface area contributed by atoms with Gasteiger partial charge in [-0.2, -0.15) is 0 Å². The second-order valence-electron chi connectivity index (χ2n) is 4.20. The molecule has 2 aromatic rings. The van der Waals surface area contributed by atoms with E-state index < -0.39 is 4.92 Å². The molecule has 2 rings (SSSR count). The molecule has 2 aromatic carbocycles. The summed E-state index contributed by atoms with van der Waals surface area (Å²) >= 11 is 3.33. The standard InChI is InChI=1S/C14H11BrN2O3/c1-9-6-12(17(19)20)7-13(14(9)18)16-8-10-2-4-11(15)5-3-10/h2-8,18H,1H3. The summed E-state index contributed by atoms with van der Waals surface area (Å²) in [5, 5.41) is 20.7. The third-order valence-electron chi connectivity index (χ3n) is 2.70. The Hall–Kier alpha value is -2.21. The van der Waals surface area contributed by atoms with Crippen LogP contribution in [0.3, 0.4) is 0 Å². The number of nitrogens with zero attached hydrogens (tertiary/aromatic N) is 2. The summed E-state index contributed by atoms with van der Waals surface area (Å²) in [5.41, 5.74) is 1.33. The number of aryl methyl sites for hydroxylation is 1. The minimum Gasteiger partial charge on any atom is -0.505 e. The van der Waals surface area contributed by atoms with Gasteiger partial charge in [0.15, 0.2) is 0 Å². The fourth-order valence-corrected chi connectivity index (χ4v) is 1.90. The van der Waals surface area contributed by atoms with E-state index in [1.807, 2.05) is 24.3 Å². The summed E-state index contributed by atoms with van der Waals surface area (Å²) < 4.78 is 0.948. The Balaban J connectivity index is 2.37. The number of halogens is 1. The van der Waals surface area contributed by atoms with Crippen LogP contribution in [0.2, 0.25) is 0 Å². The average molecular weight is 335 g/mol. The highest BCUT2D eigenvalue weighted by Gasteiger charge is 2.12. The normalized spacial score (nSPS) is 10.9. The molecule has 20 heavy (non-hydrogen) atoms. The van der Waals surface area contributed by atoms with Gasteiger partial charge >= 0.3 is 0 Å². The molecule has 102 valence electrons. The average Bonchev–Trinajstić information content (AvgIpc) is 2.42. The van der Waals surface area contributed by atoms with Gasteiger partial charge in [0.1, 0.15) is 11.4 Å². The van der Waals surface area contributed by atoms with E-state index in [-0.39, 0.29) is 17.1 Å². The van der Waals surface area contributed by atoms with Crippen molar-refractivity contribution < 1.29 is 10.0 Å². The van der Waals surface area contributed by atoms with Crippen molar-refractivity contribution in [3.63, 3.8) is 0 Å². The zero-order chi connectivity index (χ0) is 14.7. The Morgan fingerprint density at radius 1 is 1.30 bits per heavy atom. The Bertz CT molecular complexity index is 682. The fourth-order valence-electron chi connectivity index (χ4n) is 1.64. The van der Waals surface area contributed by atoms with E-state index >= 15 is 0 Å². The SMILES string of the molecule is Cc1cc([N+](=O)[O-])cc(N=Cc2ccc(Br)cc2)c1O. The zero-order valence-corrected chi connectivity index (χ0v) is 12.2. The van der Waals surface area contributed by atoms with Crippen molar-refractivity contribution >= 4 is 33.5 Å². The van der Waals surface area contributed by atoms with Crippen LogP contribution in [-0.4, -0.2) is 16.2 Å². The van der Waals surface area contributed by atoms with Gasteiger partial charge in [0.25, 0.3) is 5.69 Å². The topological polar surface area (TPSA) is 75.7 Å². The van der Waals surface area contributed by atoms with Crippen LogP contribution >= 0.6 is 15.9 Å². The molecular weight excluding hydrogens is 324 g/mol. The Morgan fingerprint density at radius 2 is 1.95 bits per heavy atom. The van der Waals surface area contributed by atoms with E-state index in [2.05, 4.69) is 20.9 Å². The highest BCUT2D eigenvalue weighted by Crippen LogP contribution is 2.34. The van der Waals surface area contributed by atoms with Crippen LogP contribution < -0.4 is 0 Å². The second kappa shape index (κ2) is 5.83. The molecule has 0 fully saturated rings. The number of phenols is 1. The smallest absolute Gasteiger partial charge is 0.272 e. The number of nitro benzene ring substituents is 1. The molecule has 0 heterocycles. The number of aliphatic imine (C=N–C) groups is 1. The third kappa shape index (κ3) is 3.21. The third-order valence-corrected chi connectivity index (χ3v) is 3.23. The molecule has 0 unspecified atom stereocenters. The van der Waals surface area contributed by atoms with Gasteiger partial charge in [0.05, 0.1) is 4.92 Å². The molecule has 0 bridgehead atoms. The van der Waals surface area contributed by atoms with Crippen molar-refractivity contribution in [1.29, 1.82) is 0 Å². The van der Waals surface area contributed by atoms with Crippen molar-refractivity contribution in [3.8, 4) is 5.75 Å². The van der Waals surface area contributed by atoms with Gasteiger partial charge in [-0.25, -0.2) is 0 Å². The first-order valence-corrected chi connectivity index (χ1v) is 6.54. The number of hydrogen-bond acceptors (Lipinski definition) is 4. The van der Waals surface area contributed by atoms with Crippen molar-refractivity contribution in [2.24, 2.45) is 4.99 Å². The van der Waals surface area contributed by atoms with Crippen molar-refractivity contribution in [2.45, 2.75) is 6.92 Å². The highest BCUT2D eigenvalue weighted by molar-refractivity contribution is 9.10. The largest absolute Gasteiger partial charge is 0.505 e. The fraction of sp³-hybridized carbons (Fsp3) is 0.0714. The summed E-state index contributed by atoms with van der Waals surface area (Å²) in [6.07, 6.45) is 1.55. The first-order chi connectivity index (χ1) is 9.47. The summed E-state index contributed by atoms with van der Waals surface area (Å²) in [4.78, 5) is 14.4. The molecule has 5 nitrogen and oxygen atoms in total. The molecule has 6 heteroatoms. The highest BCUT2D eigenvalue weighted by atomic mass is 79.9. The van der Waals surface area contributed by atoms with Gasteiger partial charge in [-0.15, -0.1) is 0 Å². The van der Waals surface area contributed by atoms with E-state index in [9.17, 15) is 15.2 Å². The van der Waals surface area contributed by atoms with Crippen LogP contribution in [0.1, 0.15) is 11.1 Å². The number of rotatable bonds is 3. The van der Waals surface area contributed by atoms with E-state index in [0.717, 1.165) is 10.0 Å². The van der Waals surface area contributed by atoms with Crippen LogP contribution in [0.25, 0.3) is 0 Å². The summed E-state index contributed by atoms with van der Waals surface area (Å²) in [6.45, 7) is 1.60. The van der Waals surface area contributed by atoms with Crippen molar-refractivity contribution in [3.05, 3.63) is 62.1 Å². The lowest BCUT2D eigenvalue weighted by atomic mass is 10.1. The van der Waals surface area contributed by atoms with Crippen LogP contribution in [0, 0.1) is 17.0 Å². The predicted molar refractivity (Wildman–Crippen MR) is 80.9 cm³/mol. The molecule has 0 aromatic heterocycles. The van der Waals surface area contributed by atoms with Crippen LogP contribution in [0.15, 0.2) is 45.9 Å². The second-order valence-corrected chi connectivity index (χ2v) is 5.11. The number of hydrogen-bond donors (Lipinski definition) is 1. The van der Waals surface area contributed by atoms with E-state index in [4.69, 9.17) is 0 Å². The molecule has 0 atom stereocenters. The number of non-ortho nitro benzene ring substituents is 1. The number of benzene rings is 2. The molecule has 0 aliphatic rings. The first-order valence-electron chi connectivity index (χ1n) is 5.75. The number of nitro groups is 1. The zero-order valence-electron chi connectivity index (χ0n) is 10.6. The maximum Gasteiger partial charge on any atom is 0.272 e. The quantitative estimate of drug-likeness (QED) is 0.521. The molecule has 0 aliphatic heterocycles. The van der Waals surface area contributed by atoms with Gasteiger partial charge in [-0.05, 0) is 30.2 Å². The minimum atomic E-state index is -0.509. The van der Waals surface area contributed by atoms with Crippen LogP contribution in [-0.2, 0) is 0 Å². The van der Waals surface area contributed by atoms with Crippen LogP contribution in [0.4, 0.5) is 11.4 Å². The van der Waals surface area contributed by atoms with E-state index in [1.54, 1.807) is 13.1 Å². The van der Waals surface area contributed by atoms with Gasteiger partial charge in [0.2, 0.25) is 0 Å².